The molecule has 2 rings (SSSR count). The second kappa shape index (κ2) is 4.05. The van der Waals surface area contributed by atoms with Crippen LogP contribution in [0.5, 0.6) is 0 Å². The standard InChI is InChI=1S/C13H18F3N3O/c1-11(2,3)9(20)7-8(12(7,4)5)19-6-17-10(18-19)13(14,15)16/h6-8H,1-5H3. The Balaban J connectivity index is 2.27. The molecule has 0 bridgehead atoms. The second-order valence-corrected chi connectivity index (χ2v) is 6.90. The summed E-state index contributed by atoms with van der Waals surface area (Å²) in [5, 5.41) is 3.48. The average molecular weight is 289 g/mol. The molecule has 1 saturated carbocycles. The summed E-state index contributed by atoms with van der Waals surface area (Å²) in [6, 6.07) is -0.363. The van der Waals surface area contributed by atoms with E-state index < -0.39 is 22.8 Å². The average Bonchev–Trinajstić information content (AvgIpc) is 2.63. The van der Waals surface area contributed by atoms with Crippen LogP contribution in [0.2, 0.25) is 0 Å². The summed E-state index contributed by atoms with van der Waals surface area (Å²) >= 11 is 0. The van der Waals surface area contributed by atoms with Crippen molar-refractivity contribution < 1.29 is 18.0 Å². The van der Waals surface area contributed by atoms with Gasteiger partial charge in [-0.25, -0.2) is 9.67 Å². The van der Waals surface area contributed by atoms with Crippen LogP contribution in [0.25, 0.3) is 0 Å². The fourth-order valence-electron chi connectivity index (χ4n) is 2.59. The quantitative estimate of drug-likeness (QED) is 0.840. The summed E-state index contributed by atoms with van der Waals surface area (Å²) in [7, 11) is 0. The fraction of sp³-hybridized carbons (Fsp3) is 0.769. The molecule has 0 aliphatic heterocycles. The molecule has 0 radical (unpaired) electrons. The molecule has 20 heavy (non-hydrogen) atoms. The van der Waals surface area contributed by atoms with Crippen LogP contribution in [-0.2, 0) is 11.0 Å². The van der Waals surface area contributed by atoms with E-state index in [0.717, 1.165) is 6.33 Å². The Morgan fingerprint density at radius 3 is 2.25 bits per heavy atom. The molecule has 1 aromatic rings. The maximum atomic E-state index is 12.5. The number of nitrogens with zero attached hydrogens (tertiary/aromatic N) is 3. The third kappa shape index (κ3) is 2.33. The summed E-state index contributed by atoms with van der Waals surface area (Å²) in [5.41, 5.74) is -0.926. The number of alkyl halides is 3. The normalized spacial score (nSPS) is 25.6. The van der Waals surface area contributed by atoms with Crippen LogP contribution in [0.4, 0.5) is 13.2 Å². The van der Waals surface area contributed by atoms with Gasteiger partial charge in [0.25, 0.3) is 5.82 Å². The molecule has 0 aromatic carbocycles. The second-order valence-electron chi connectivity index (χ2n) is 6.90. The molecule has 2 atom stereocenters. The Kier molecular flexibility index (Phi) is 3.04. The molecular weight excluding hydrogens is 271 g/mol. The zero-order chi connectivity index (χ0) is 15.5. The fourth-order valence-corrected chi connectivity index (χ4v) is 2.59. The van der Waals surface area contributed by atoms with Gasteiger partial charge < -0.3 is 0 Å². The van der Waals surface area contributed by atoms with E-state index in [9.17, 15) is 18.0 Å². The van der Waals surface area contributed by atoms with Crippen molar-refractivity contribution in [2.24, 2.45) is 16.7 Å². The minimum absolute atomic E-state index is 0.0385. The lowest BCUT2D eigenvalue weighted by molar-refractivity contribution is -0.145. The van der Waals surface area contributed by atoms with Crippen LogP contribution in [0.3, 0.4) is 0 Å². The van der Waals surface area contributed by atoms with Crippen LogP contribution in [0, 0.1) is 16.7 Å². The number of rotatable bonds is 2. The number of carbonyl (C=O) groups excluding carboxylic acids is 1. The van der Waals surface area contributed by atoms with Gasteiger partial charge in [-0.15, -0.1) is 5.10 Å². The summed E-state index contributed by atoms with van der Waals surface area (Å²) < 4.78 is 38.7. The highest BCUT2D eigenvalue weighted by Crippen LogP contribution is 2.63. The van der Waals surface area contributed by atoms with Crippen molar-refractivity contribution in [3.63, 3.8) is 0 Å². The van der Waals surface area contributed by atoms with Gasteiger partial charge in [-0.2, -0.15) is 13.2 Å². The highest BCUT2D eigenvalue weighted by molar-refractivity contribution is 5.90. The maximum absolute atomic E-state index is 12.5. The van der Waals surface area contributed by atoms with Crippen LogP contribution in [-0.4, -0.2) is 20.5 Å². The van der Waals surface area contributed by atoms with Gasteiger partial charge in [0.1, 0.15) is 12.1 Å². The van der Waals surface area contributed by atoms with E-state index in [1.807, 2.05) is 34.6 Å². The van der Waals surface area contributed by atoms with Gasteiger partial charge in [0.05, 0.1) is 6.04 Å². The first-order chi connectivity index (χ1) is 8.87. The monoisotopic (exact) mass is 289 g/mol. The van der Waals surface area contributed by atoms with Crippen LogP contribution in [0.15, 0.2) is 6.33 Å². The minimum atomic E-state index is -4.56. The molecule has 1 fully saturated rings. The first kappa shape index (κ1) is 15.0. The third-order valence-electron chi connectivity index (χ3n) is 3.84. The SMILES string of the molecule is CC(C)(C)C(=O)C1C(n2cnc(C(F)(F)F)n2)C1(C)C. The summed E-state index contributed by atoms with van der Waals surface area (Å²) in [5.74, 6) is -1.45. The third-order valence-corrected chi connectivity index (χ3v) is 3.84. The number of halogens is 3. The molecule has 2 unspecified atom stereocenters. The molecule has 1 aliphatic carbocycles. The van der Waals surface area contributed by atoms with Gasteiger partial charge in [-0.1, -0.05) is 34.6 Å². The Morgan fingerprint density at radius 2 is 1.85 bits per heavy atom. The number of hydrogen-bond donors (Lipinski definition) is 0. The lowest BCUT2D eigenvalue weighted by Crippen LogP contribution is -2.24. The van der Waals surface area contributed by atoms with Gasteiger partial charge in [0, 0.05) is 11.3 Å². The van der Waals surface area contributed by atoms with Crippen LogP contribution < -0.4 is 0 Å². The number of Topliss-reactive ketones (excluding diaryl/α,β-unsaturated/α-hetero) is 1. The largest absolute Gasteiger partial charge is 0.453 e. The Morgan fingerprint density at radius 1 is 1.30 bits per heavy atom. The molecule has 0 spiro atoms. The highest BCUT2D eigenvalue weighted by atomic mass is 19.4. The summed E-state index contributed by atoms with van der Waals surface area (Å²) in [4.78, 5) is 15.6. The molecule has 0 N–H and O–H groups in total. The lowest BCUT2D eigenvalue weighted by atomic mass is 9.86. The van der Waals surface area contributed by atoms with Gasteiger partial charge in [0.2, 0.25) is 0 Å². The van der Waals surface area contributed by atoms with Gasteiger partial charge in [-0.3, -0.25) is 4.79 Å². The zero-order valence-corrected chi connectivity index (χ0v) is 12.1. The van der Waals surface area contributed by atoms with E-state index in [1.165, 1.54) is 4.68 Å². The molecule has 1 heterocycles. The summed E-state index contributed by atoms with van der Waals surface area (Å²) in [6.07, 6.45) is -3.50. The van der Waals surface area contributed by atoms with Crippen molar-refractivity contribution >= 4 is 5.78 Å². The number of hydrogen-bond acceptors (Lipinski definition) is 3. The molecule has 4 nitrogen and oxygen atoms in total. The predicted molar refractivity (Wildman–Crippen MR) is 65.8 cm³/mol. The van der Waals surface area contributed by atoms with E-state index in [0.29, 0.717) is 0 Å². The molecule has 0 saturated heterocycles. The number of carbonyl (C=O) groups is 1. The van der Waals surface area contributed by atoms with E-state index in [2.05, 4.69) is 10.1 Å². The topological polar surface area (TPSA) is 47.8 Å². The Hall–Kier alpha value is -1.40. The van der Waals surface area contributed by atoms with Gasteiger partial charge >= 0.3 is 6.18 Å². The highest BCUT2D eigenvalue weighted by Gasteiger charge is 2.65. The van der Waals surface area contributed by atoms with E-state index >= 15 is 0 Å². The molecule has 0 amide bonds. The zero-order valence-electron chi connectivity index (χ0n) is 12.1. The summed E-state index contributed by atoms with van der Waals surface area (Å²) in [6.45, 7) is 9.15. The molecular formula is C13H18F3N3O. The van der Waals surface area contributed by atoms with Crippen LogP contribution >= 0.6 is 0 Å². The van der Waals surface area contributed by atoms with Crippen molar-refractivity contribution in [2.45, 2.75) is 46.8 Å². The Labute approximate surface area is 115 Å². The van der Waals surface area contributed by atoms with E-state index in [4.69, 9.17) is 0 Å². The molecule has 1 aromatic heterocycles. The predicted octanol–water partition coefficient (Wildman–Crippen LogP) is 3.11. The van der Waals surface area contributed by atoms with Crippen molar-refractivity contribution in [3.05, 3.63) is 12.2 Å². The lowest BCUT2D eigenvalue weighted by Gasteiger charge is -2.17. The van der Waals surface area contributed by atoms with Crippen molar-refractivity contribution in [3.8, 4) is 0 Å². The van der Waals surface area contributed by atoms with Gasteiger partial charge in [-0.05, 0) is 5.41 Å². The van der Waals surface area contributed by atoms with Gasteiger partial charge in [0.15, 0.2) is 0 Å². The first-order valence-corrected chi connectivity index (χ1v) is 6.39. The molecule has 112 valence electrons. The van der Waals surface area contributed by atoms with Crippen molar-refractivity contribution in [1.29, 1.82) is 0 Å². The number of ketones is 1. The van der Waals surface area contributed by atoms with Crippen molar-refractivity contribution in [2.75, 3.05) is 0 Å². The smallest absolute Gasteiger partial charge is 0.299 e. The Bertz CT molecular complexity index is 540. The molecule has 1 aliphatic rings. The number of aromatic nitrogens is 3. The molecule has 7 heteroatoms. The minimum Gasteiger partial charge on any atom is -0.299 e. The van der Waals surface area contributed by atoms with E-state index in [1.54, 1.807) is 0 Å². The maximum Gasteiger partial charge on any atom is 0.453 e. The van der Waals surface area contributed by atoms with Crippen molar-refractivity contribution in [1.82, 2.24) is 14.8 Å². The van der Waals surface area contributed by atoms with E-state index in [-0.39, 0.29) is 17.7 Å². The van der Waals surface area contributed by atoms with Crippen LogP contribution in [0.1, 0.15) is 46.5 Å². The first-order valence-electron chi connectivity index (χ1n) is 6.39.